The number of unbranched alkanes of at least 4 members (excludes halogenated alkanes) is 45. The van der Waals surface area contributed by atoms with Gasteiger partial charge in [0.15, 0.2) is 0 Å². The predicted molar refractivity (Wildman–Crippen MR) is 275 cm³/mol. The maximum atomic E-state index is 13.1. The molecule has 0 aromatic carbocycles. The van der Waals surface area contributed by atoms with E-state index in [1.54, 1.807) is 0 Å². The molecule has 0 bridgehead atoms. The van der Waals surface area contributed by atoms with Crippen LogP contribution in [0.5, 0.6) is 0 Å². The highest BCUT2D eigenvalue weighted by Crippen LogP contribution is 2.18. The summed E-state index contributed by atoms with van der Waals surface area (Å²) in [5, 5.41) is 0. The van der Waals surface area contributed by atoms with E-state index in [1.807, 2.05) is 0 Å². The first-order chi connectivity index (χ1) is 31.6. The standard InChI is InChI=1S/C58H112O6/c1-4-7-10-13-16-19-22-25-28-31-34-37-40-43-46-49-52-62-56(59)55(57(60)63-53-50-47-44-41-38-35-32-29-26-23-20-17-14-11-8-5-2)58(61)64-54-51-48-45-42-39-36-33-30-27-24-21-18-15-12-9-6-3/h55H,4-54H2,1-3H3. The minimum absolute atomic E-state index is 0.215. The molecule has 6 nitrogen and oxygen atoms in total. The molecule has 0 saturated heterocycles. The molecular weight excluding hydrogens is 793 g/mol. The second-order valence-corrected chi connectivity index (χ2v) is 19.8. The van der Waals surface area contributed by atoms with Gasteiger partial charge in [0.05, 0.1) is 19.8 Å². The summed E-state index contributed by atoms with van der Waals surface area (Å²) in [5.74, 6) is -4.12. The van der Waals surface area contributed by atoms with Gasteiger partial charge >= 0.3 is 17.9 Å². The van der Waals surface area contributed by atoms with E-state index in [0.717, 1.165) is 57.8 Å². The molecule has 0 aromatic heterocycles. The molecule has 0 atom stereocenters. The molecule has 0 unspecified atom stereocenters. The second-order valence-electron chi connectivity index (χ2n) is 19.8. The van der Waals surface area contributed by atoms with Crippen LogP contribution in [0, 0.1) is 5.92 Å². The topological polar surface area (TPSA) is 78.9 Å². The van der Waals surface area contributed by atoms with E-state index in [-0.39, 0.29) is 19.8 Å². The molecule has 0 heterocycles. The van der Waals surface area contributed by atoms with Crippen molar-refractivity contribution in [1.29, 1.82) is 0 Å². The van der Waals surface area contributed by atoms with Crippen molar-refractivity contribution in [3.63, 3.8) is 0 Å². The zero-order chi connectivity index (χ0) is 46.5. The largest absolute Gasteiger partial charge is 0.465 e. The van der Waals surface area contributed by atoms with Crippen LogP contribution >= 0.6 is 0 Å². The number of esters is 3. The summed E-state index contributed by atoms with van der Waals surface area (Å²) in [6.45, 7) is 7.48. The Hall–Kier alpha value is -1.59. The normalized spacial score (nSPS) is 11.4. The lowest BCUT2D eigenvalue weighted by Gasteiger charge is -2.15. The van der Waals surface area contributed by atoms with Crippen LogP contribution in [0.15, 0.2) is 0 Å². The predicted octanol–water partition coefficient (Wildman–Crippen LogP) is 19.0. The van der Waals surface area contributed by atoms with E-state index < -0.39 is 23.8 Å². The van der Waals surface area contributed by atoms with Crippen LogP contribution in [0.1, 0.15) is 329 Å². The molecule has 0 spiro atoms. The molecule has 0 saturated carbocycles. The quantitative estimate of drug-likeness (QED) is 0.0262. The second kappa shape index (κ2) is 54.0. The number of carbonyl (C=O) groups is 3. The lowest BCUT2D eigenvalue weighted by Crippen LogP contribution is -2.36. The van der Waals surface area contributed by atoms with Gasteiger partial charge < -0.3 is 14.2 Å². The molecule has 6 heteroatoms. The molecule has 0 aromatic rings. The Bertz CT molecular complexity index is 832. The molecule has 0 amide bonds. The number of ether oxygens (including phenoxy) is 3. The monoisotopic (exact) mass is 905 g/mol. The highest BCUT2D eigenvalue weighted by molar-refractivity contribution is 6.12. The van der Waals surface area contributed by atoms with E-state index in [4.69, 9.17) is 14.2 Å². The fourth-order valence-corrected chi connectivity index (χ4v) is 9.01. The van der Waals surface area contributed by atoms with E-state index in [2.05, 4.69) is 20.8 Å². The van der Waals surface area contributed by atoms with Crippen LogP contribution in [-0.2, 0) is 28.6 Å². The third-order valence-corrected chi connectivity index (χ3v) is 13.4. The van der Waals surface area contributed by atoms with Crippen LogP contribution in [0.4, 0.5) is 0 Å². The van der Waals surface area contributed by atoms with Crippen LogP contribution in [0.25, 0.3) is 0 Å². The van der Waals surface area contributed by atoms with E-state index in [0.29, 0.717) is 0 Å². The average Bonchev–Trinajstić information content (AvgIpc) is 3.29. The minimum atomic E-state index is -1.65. The first kappa shape index (κ1) is 62.4. The molecule has 0 aliphatic rings. The van der Waals surface area contributed by atoms with Gasteiger partial charge in [0.25, 0.3) is 5.92 Å². The Morgan fingerprint density at radius 1 is 0.219 bits per heavy atom. The maximum Gasteiger partial charge on any atom is 0.331 e. The Kier molecular flexibility index (Phi) is 52.7. The fourth-order valence-electron chi connectivity index (χ4n) is 9.01. The van der Waals surface area contributed by atoms with Crippen molar-refractivity contribution in [3.8, 4) is 0 Å². The van der Waals surface area contributed by atoms with E-state index >= 15 is 0 Å². The molecule has 0 rings (SSSR count). The van der Waals surface area contributed by atoms with Crippen molar-refractivity contribution < 1.29 is 28.6 Å². The van der Waals surface area contributed by atoms with Gasteiger partial charge in [-0.3, -0.25) is 14.4 Å². The van der Waals surface area contributed by atoms with Crippen molar-refractivity contribution in [3.05, 3.63) is 0 Å². The lowest BCUT2D eigenvalue weighted by molar-refractivity contribution is -0.172. The molecule has 0 aliphatic heterocycles. The molecular formula is C58H112O6. The summed E-state index contributed by atoms with van der Waals surface area (Å²) in [6, 6.07) is 0. The molecule has 0 fully saturated rings. The SMILES string of the molecule is CCCCCCCCCCCCCCCCCCOC(=O)C(C(=O)OCCCCCCCCCCCCCCCCCC)C(=O)OCCCCCCCCCCCCCCCCCC. The van der Waals surface area contributed by atoms with Crippen LogP contribution in [0.3, 0.4) is 0 Å². The molecule has 0 N–H and O–H groups in total. The van der Waals surface area contributed by atoms with E-state index in [1.165, 1.54) is 250 Å². The highest BCUT2D eigenvalue weighted by atomic mass is 16.6. The Balaban J connectivity index is 4.32. The van der Waals surface area contributed by atoms with Gasteiger partial charge in [-0.05, 0) is 19.3 Å². The van der Waals surface area contributed by atoms with Crippen molar-refractivity contribution in [2.75, 3.05) is 19.8 Å². The number of carbonyl (C=O) groups excluding carboxylic acids is 3. The lowest BCUT2D eigenvalue weighted by atomic mass is 10.0. The van der Waals surface area contributed by atoms with Gasteiger partial charge in [-0.2, -0.15) is 0 Å². The van der Waals surface area contributed by atoms with Crippen molar-refractivity contribution in [2.24, 2.45) is 5.92 Å². The smallest absolute Gasteiger partial charge is 0.331 e. The van der Waals surface area contributed by atoms with Crippen molar-refractivity contribution in [1.82, 2.24) is 0 Å². The summed E-state index contributed by atoms with van der Waals surface area (Å²) in [6.07, 6.45) is 61.1. The van der Waals surface area contributed by atoms with Gasteiger partial charge in [0.2, 0.25) is 0 Å². The first-order valence-electron chi connectivity index (χ1n) is 29.1. The Labute approximate surface area is 399 Å². The summed E-state index contributed by atoms with van der Waals surface area (Å²) < 4.78 is 16.5. The summed E-state index contributed by atoms with van der Waals surface area (Å²) in [4.78, 5) is 39.4. The summed E-state index contributed by atoms with van der Waals surface area (Å²) in [7, 11) is 0. The zero-order valence-corrected chi connectivity index (χ0v) is 43.6. The Morgan fingerprint density at radius 2 is 0.344 bits per heavy atom. The summed E-state index contributed by atoms with van der Waals surface area (Å²) in [5.41, 5.74) is 0. The van der Waals surface area contributed by atoms with E-state index in [9.17, 15) is 14.4 Å². The van der Waals surface area contributed by atoms with Gasteiger partial charge in [0, 0.05) is 0 Å². The van der Waals surface area contributed by atoms with Crippen LogP contribution in [-0.4, -0.2) is 37.7 Å². The highest BCUT2D eigenvalue weighted by Gasteiger charge is 2.38. The number of hydrogen-bond donors (Lipinski definition) is 0. The molecule has 0 aliphatic carbocycles. The van der Waals surface area contributed by atoms with Gasteiger partial charge in [0.1, 0.15) is 0 Å². The molecule has 380 valence electrons. The Morgan fingerprint density at radius 3 is 0.484 bits per heavy atom. The average molecular weight is 906 g/mol. The number of hydrogen-bond acceptors (Lipinski definition) is 6. The van der Waals surface area contributed by atoms with Gasteiger partial charge in [-0.25, -0.2) is 0 Å². The van der Waals surface area contributed by atoms with Gasteiger partial charge in [-0.15, -0.1) is 0 Å². The third kappa shape index (κ3) is 46.9. The fraction of sp³-hybridized carbons (Fsp3) is 0.948. The van der Waals surface area contributed by atoms with Crippen LogP contribution in [0.2, 0.25) is 0 Å². The first-order valence-corrected chi connectivity index (χ1v) is 29.1. The van der Waals surface area contributed by atoms with Crippen LogP contribution < -0.4 is 0 Å². The third-order valence-electron chi connectivity index (χ3n) is 13.4. The number of rotatable bonds is 54. The summed E-state index contributed by atoms with van der Waals surface area (Å²) >= 11 is 0. The minimum Gasteiger partial charge on any atom is -0.465 e. The zero-order valence-electron chi connectivity index (χ0n) is 43.6. The molecule has 0 radical (unpaired) electrons. The van der Waals surface area contributed by atoms with Crippen molar-refractivity contribution in [2.45, 2.75) is 329 Å². The molecule has 64 heavy (non-hydrogen) atoms. The van der Waals surface area contributed by atoms with Gasteiger partial charge in [-0.1, -0.05) is 310 Å². The van der Waals surface area contributed by atoms with Crippen molar-refractivity contribution >= 4 is 17.9 Å². The maximum absolute atomic E-state index is 13.1.